The highest BCUT2D eigenvalue weighted by Gasteiger charge is 2.29. The number of carbonyl (C=O) groups excluding carboxylic acids is 1. The van der Waals surface area contributed by atoms with Crippen molar-refractivity contribution >= 4 is 23.4 Å². The maximum absolute atomic E-state index is 12.7. The van der Waals surface area contributed by atoms with Crippen molar-refractivity contribution in [2.45, 2.75) is 38.5 Å². The molecule has 1 aliphatic rings. The number of carboxylic acids is 1. The predicted molar refractivity (Wildman–Crippen MR) is 132 cm³/mol. The molecule has 4 rings (SSSR count). The molecule has 1 unspecified atom stereocenters. The molecule has 0 spiro atoms. The average Bonchev–Trinajstić information content (AvgIpc) is 2.85. The summed E-state index contributed by atoms with van der Waals surface area (Å²) in [6.07, 6.45) is 2.30. The zero-order valence-electron chi connectivity index (χ0n) is 19.2. The molecule has 3 aromatic carbocycles. The number of hydrogen-bond donors (Lipinski definition) is 1. The normalized spacial score (nSPS) is 14.4. The highest BCUT2D eigenvalue weighted by molar-refractivity contribution is 6.30. The first-order valence-electron chi connectivity index (χ1n) is 11.4. The molecule has 6 nitrogen and oxygen atoms in total. The van der Waals surface area contributed by atoms with E-state index in [2.05, 4.69) is 6.07 Å². The summed E-state index contributed by atoms with van der Waals surface area (Å²) in [5, 5.41) is 19.8. The SMILES string of the molecule is Cc1cc(C(=O)CCCc2ccc(Cl)cc2)ccc1Oc1cc2c(cc1C#N)C(C(=O)O)CCO2. The van der Waals surface area contributed by atoms with E-state index in [9.17, 15) is 20.0 Å². The Balaban J connectivity index is 1.46. The molecule has 0 radical (unpaired) electrons. The summed E-state index contributed by atoms with van der Waals surface area (Å²) in [5.74, 6) is -0.425. The summed E-state index contributed by atoms with van der Waals surface area (Å²) < 4.78 is 11.6. The molecule has 0 amide bonds. The Bertz CT molecular complexity index is 1310. The second-order valence-electron chi connectivity index (χ2n) is 8.51. The van der Waals surface area contributed by atoms with Crippen LogP contribution in [-0.2, 0) is 11.2 Å². The monoisotopic (exact) mass is 489 g/mol. The van der Waals surface area contributed by atoms with Crippen LogP contribution in [0, 0.1) is 18.3 Å². The van der Waals surface area contributed by atoms with E-state index in [1.165, 1.54) is 6.07 Å². The minimum atomic E-state index is -0.948. The van der Waals surface area contributed by atoms with E-state index in [4.69, 9.17) is 21.1 Å². The minimum absolute atomic E-state index is 0.0493. The highest BCUT2D eigenvalue weighted by atomic mass is 35.5. The van der Waals surface area contributed by atoms with Gasteiger partial charge < -0.3 is 14.6 Å². The number of halogens is 1. The molecule has 35 heavy (non-hydrogen) atoms. The lowest BCUT2D eigenvalue weighted by Gasteiger charge is -2.24. The second kappa shape index (κ2) is 10.6. The maximum atomic E-state index is 12.7. The van der Waals surface area contributed by atoms with Crippen LogP contribution in [0.5, 0.6) is 17.2 Å². The number of nitriles is 1. The Hall–Kier alpha value is -3.82. The van der Waals surface area contributed by atoms with Crippen molar-refractivity contribution < 1.29 is 24.2 Å². The lowest BCUT2D eigenvalue weighted by Crippen LogP contribution is -2.21. The summed E-state index contributed by atoms with van der Waals surface area (Å²) in [4.78, 5) is 24.3. The number of nitrogens with zero attached hydrogens (tertiary/aromatic N) is 1. The van der Waals surface area contributed by atoms with Crippen LogP contribution in [0.2, 0.25) is 5.02 Å². The van der Waals surface area contributed by atoms with E-state index >= 15 is 0 Å². The number of benzene rings is 3. The molecule has 1 atom stereocenters. The topological polar surface area (TPSA) is 96.6 Å². The number of Topliss-reactive ketones (excluding diaryl/α,β-unsaturated/α-hetero) is 1. The summed E-state index contributed by atoms with van der Waals surface area (Å²) in [6, 6.07) is 18.0. The van der Waals surface area contributed by atoms with Crippen molar-refractivity contribution in [3.05, 3.63) is 87.4 Å². The highest BCUT2D eigenvalue weighted by Crippen LogP contribution is 2.40. The summed E-state index contributed by atoms with van der Waals surface area (Å²) in [5.41, 5.74) is 3.19. The van der Waals surface area contributed by atoms with Gasteiger partial charge in [-0.25, -0.2) is 0 Å². The van der Waals surface area contributed by atoms with Gasteiger partial charge in [-0.15, -0.1) is 0 Å². The first-order valence-corrected chi connectivity index (χ1v) is 11.7. The fourth-order valence-corrected chi connectivity index (χ4v) is 4.28. The molecule has 0 aromatic heterocycles. The third-order valence-corrected chi connectivity index (χ3v) is 6.32. The molecule has 0 saturated carbocycles. The van der Waals surface area contributed by atoms with Gasteiger partial charge in [0.05, 0.1) is 18.1 Å². The average molecular weight is 490 g/mol. The molecule has 0 saturated heterocycles. The van der Waals surface area contributed by atoms with Crippen molar-refractivity contribution in [1.82, 2.24) is 0 Å². The molecule has 1 N–H and O–H groups in total. The molecular formula is C28H24ClNO5. The summed E-state index contributed by atoms with van der Waals surface area (Å²) in [7, 11) is 0. The molecule has 0 bridgehead atoms. The van der Waals surface area contributed by atoms with Crippen LogP contribution in [0.3, 0.4) is 0 Å². The Morgan fingerprint density at radius 3 is 2.60 bits per heavy atom. The van der Waals surface area contributed by atoms with E-state index in [1.807, 2.05) is 31.2 Å². The third-order valence-electron chi connectivity index (χ3n) is 6.07. The molecule has 1 aliphatic heterocycles. The van der Waals surface area contributed by atoms with Crippen LogP contribution >= 0.6 is 11.6 Å². The van der Waals surface area contributed by atoms with Gasteiger partial charge in [0.25, 0.3) is 0 Å². The number of fused-ring (bicyclic) bond motifs is 1. The fourth-order valence-electron chi connectivity index (χ4n) is 4.15. The fraction of sp³-hybridized carbons (Fsp3) is 0.250. The molecule has 1 heterocycles. The Kier molecular flexibility index (Phi) is 7.38. The van der Waals surface area contributed by atoms with E-state index < -0.39 is 11.9 Å². The van der Waals surface area contributed by atoms with Gasteiger partial charge in [-0.2, -0.15) is 5.26 Å². The predicted octanol–water partition coefficient (Wildman–Crippen LogP) is 6.47. The molecule has 7 heteroatoms. The van der Waals surface area contributed by atoms with Crippen LogP contribution in [0.1, 0.15) is 57.8 Å². The van der Waals surface area contributed by atoms with Gasteiger partial charge in [-0.1, -0.05) is 23.7 Å². The van der Waals surface area contributed by atoms with Crippen LogP contribution < -0.4 is 9.47 Å². The largest absolute Gasteiger partial charge is 0.493 e. The van der Waals surface area contributed by atoms with Gasteiger partial charge in [0, 0.05) is 28.6 Å². The van der Waals surface area contributed by atoms with Crippen molar-refractivity contribution in [2.24, 2.45) is 0 Å². The van der Waals surface area contributed by atoms with E-state index in [-0.39, 0.29) is 23.7 Å². The number of ether oxygens (including phenoxy) is 2. The van der Waals surface area contributed by atoms with Crippen molar-refractivity contribution in [1.29, 1.82) is 5.26 Å². The van der Waals surface area contributed by atoms with Crippen LogP contribution in [0.25, 0.3) is 0 Å². The molecule has 0 aliphatic carbocycles. The third kappa shape index (κ3) is 5.64. The first-order chi connectivity index (χ1) is 16.9. The summed E-state index contributed by atoms with van der Waals surface area (Å²) in [6.45, 7) is 2.12. The van der Waals surface area contributed by atoms with Gasteiger partial charge in [-0.05, 0) is 73.7 Å². The molecule has 3 aromatic rings. The van der Waals surface area contributed by atoms with Gasteiger partial charge in [0.2, 0.25) is 0 Å². The van der Waals surface area contributed by atoms with Crippen LogP contribution in [0.4, 0.5) is 0 Å². The molecular weight excluding hydrogens is 466 g/mol. The Labute approximate surface area is 208 Å². The molecule has 178 valence electrons. The van der Waals surface area contributed by atoms with Crippen molar-refractivity contribution in [2.75, 3.05) is 6.61 Å². The lowest BCUT2D eigenvalue weighted by atomic mass is 9.91. The second-order valence-corrected chi connectivity index (χ2v) is 8.95. The summed E-state index contributed by atoms with van der Waals surface area (Å²) >= 11 is 5.91. The standard InChI is InChI=1S/C28H24ClNO5/c1-17-13-19(24(31)4-2-3-18-5-8-21(29)9-6-18)7-10-25(17)35-26-15-27-23(14-20(26)16-30)22(28(32)33)11-12-34-27/h5-10,13-15,22H,2-4,11-12H2,1H3,(H,32,33). The minimum Gasteiger partial charge on any atom is -0.493 e. The van der Waals surface area contributed by atoms with Crippen LogP contribution in [0.15, 0.2) is 54.6 Å². The number of aliphatic carboxylic acids is 1. The van der Waals surface area contributed by atoms with E-state index in [0.717, 1.165) is 24.0 Å². The number of rotatable bonds is 8. The number of carbonyl (C=O) groups is 2. The van der Waals surface area contributed by atoms with Gasteiger partial charge in [-0.3, -0.25) is 9.59 Å². The van der Waals surface area contributed by atoms with Gasteiger partial charge in [0.1, 0.15) is 23.3 Å². The van der Waals surface area contributed by atoms with Crippen molar-refractivity contribution in [3.63, 3.8) is 0 Å². The number of carboxylic acid groups (broad SMARTS) is 1. The van der Waals surface area contributed by atoms with Gasteiger partial charge >= 0.3 is 5.97 Å². The number of ketones is 1. The lowest BCUT2D eigenvalue weighted by molar-refractivity contribution is -0.139. The Morgan fingerprint density at radius 2 is 1.91 bits per heavy atom. The van der Waals surface area contributed by atoms with Crippen LogP contribution in [-0.4, -0.2) is 23.5 Å². The number of aryl methyl sites for hydroxylation is 2. The zero-order chi connectivity index (χ0) is 24.9. The number of hydrogen-bond acceptors (Lipinski definition) is 5. The Morgan fingerprint density at radius 1 is 1.14 bits per heavy atom. The maximum Gasteiger partial charge on any atom is 0.311 e. The van der Waals surface area contributed by atoms with Gasteiger partial charge in [0.15, 0.2) is 5.78 Å². The van der Waals surface area contributed by atoms with Crippen molar-refractivity contribution in [3.8, 4) is 23.3 Å². The van der Waals surface area contributed by atoms with E-state index in [1.54, 1.807) is 24.3 Å². The first kappa shape index (κ1) is 24.3. The molecule has 0 fully saturated rings. The quantitative estimate of drug-likeness (QED) is 0.364. The zero-order valence-corrected chi connectivity index (χ0v) is 20.0. The van der Waals surface area contributed by atoms with E-state index in [0.29, 0.717) is 40.5 Å². The smallest absolute Gasteiger partial charge is 0.311 e.